The van der Waals surface area contributed by atoms with Gasteiger partial charge >= 0.3 is 5.97 Å². The van der Waals surface area contributed by atoms with Gasteiger partial charge in [0.15, 0.2) is 0 Å². The molecule has 26 N–H and O–H groups in total. The van der Waals surface area contributed by atoms with Gasteiger partial charge in [0.2, 0.25) is 82.7 Å². The van der Waals surface area contributed by atoms with Gasteiger partial charge in [-0.25, -0.2) is 4.79 Å². The highest BCUT2D eigenvalue weighted by molar-refractivity contribution is 8.76. The molecule has 0 spiro atoms. The Balaban J connectivity index is 1.50. The molecular weight excluding hydrogens is 1570 g/mol. The summed E-state index contributed by atoms with van der Waals surface area (Å²) in [5.41, 5.74) is 28.1. The van der Waals surface area contributed by atoms with Crippen molar-refractivity contribution < 1.29 is 92.3 Å². The summed E-state index contributed by atoms with van der Waals surface area (Å²) in [6.07, 6.45) is -3.48. The third kappa shape index (κ3) is 30.4. The molecule has 14 amide bonds. The number of aliphatic hydroxyl groups is 3. The molecule has 642 valence electrons. The molecule has 1 aliphatic rings. The maximum atomic E-state index is 15.7. The number of fused-ring (bicyclic) bond motifs is 1. The number of hydrogen-bond donors (Lipinski definition) is 22. The van der Waals surface area contributed by atoms with Crippen molar-refractivity contribution in [2.75, 3.05) is 37.7 Å². The second-order valence-electron chi connectivity index (χ2n) is 29.0. The van der Waals surface area contributed by atoms with Gasteiger partial charge in [-0.15, -0.1) is 0 Å². The molecule has 0 saturated carbocycles. The number of H-pyrrole nitrogens is 1. The number of rotatable bonds is 26. The number of aliphatic carboxylic acids is 1. The van der Waals surface area contributed by atoms with Crippen molar-refractivity contribution in [2.45, 2.75) is 203 Å². The number of aromatic amines is 1. The van der Waals surface area contributed by atoms with Crippen LogP contribution in [0, 0.1) is 20.8 Å². The molecule has 2 heterocycles. The Morgan fingerprint density at radius 1 is 0.500 bits per heavy atom. The van der Waals surface area contributed by atoms with Crippen molar-refractivity contribution in [3.8, 4) is 0 Å². The first-order valence-electron chi connectivity index (χ1n) is 38.6. The molecule has 1 fully saturated rings. The number of unbranched alkanes of at least 4 members (excludes halogenated alkanes) is 2. The highest BCUT2D eigenvalue weighted by Gasteiger charge is 2.40. The zero-order chi connectivity index (χ0) is 86.9. The third-order valence-electron chi connectivity index (χ3n) is 19.2. The average molecular weight is 1680 g/mol. The third-order valence-corrected chi connectivity index (χ3v) is 21.7. The maximum absolute atomic E-state index is 15.7. The fraction of sp³-hybridized carbons (Fsp3) is 0.481. The molecule has 1 aliphatic heterocycles. The summed E-state index contributed by atoms with van der Waals surface area (Å²) in [6, 6.07) is 4.94. The minimum absolute atomic E-state index is 0.103. The number of carboxylic acid groups (broad SMARTS) is 1. The van der Waals surface area contributed by atoms with E-state index in [-0.39, 0.29) is 70.9 Å². The predicted octanol–water partition coefficient (Wildman–Crippen LogP) is -3.99. The number of nitrogens with two attached hydrogens (primary N) is 4. The minimum atomic E-state index is -1.99. The molecular formula is C79H110N18O19S2. The van der Waals surface area contributed by atoms with Gasteiger partial charge in [-0.3, -0.25) is 67.1 Å². The van der Waals surface area contributed by atoms with E-state index < -0.39 is 210 Å². The Morgan fingerprint density at radius 2 is 0.915 bits per heavy atom. The summed E-state index contributed by atoms with van der Waals surface area (Å²) in [7, 11) is 1.49. The van der Waals surface area contributed by atoms with Crippen LogP contribution in [0.4, 0.5) is 0 Å². The van der Waals surface area contributed by atoms with Gasteiger partial charge in [0.1, 0.15) is 72.5 Å². The summed E-state index contributed by atoms with van der Waals surface area (Å²) in [5, 5.41) is 76.4. The van der Waals surface area contributed by atoms with Crippen LogP contribution in [0.3, 0.4) is 0 Å². The van der Waals surface area contributed by atoms with Crippen LogP contribution in [0.1, 0.15) is 105 Å². The number of para-hydroxylation sites is 1. The first-order valence-corrected chi connectivity index (χ1v) is 41.1. The molecule has 5 aromatic rings. The van der Waals surface area contributed by atoms with Crippen molar-refractivity contribution in [1.82, 2.24) is 74.1 Å². The van der Waals surface area contributed by atoms with Crippen molar-refractivity contribution in [2.24, 2.45) is 22.9 Å². The monoisotopic (exact) mass is 1680 g/mol. The molecule has 0 radical (unpaired) electrons. The SMILES string of the molecule is Cc1cc(C)c(C[C@@H]2NC(=O)[C@H](Cc3ccccc3)NC(=O)[C@H](CC(N)=O)NC(=O)[C@H](CCCCN)NC(=O)[C@@H](NC(=O)CNC(=O)[C@H](C)N)CSSC[C@@H](C(=O)O)NC(=O)[C@H](CO)NC(=O)[C@H]([C@@H](C)O)NC(=O)[C@H](Cc3ccccc3)NC(=O)[C@H]([C@@H](C)O)NC(=O)[C@H](CCCCN)NC(=O)[C@@H](Cc3c[nH]c4ccccc34)NC2=O)c(C)c1. The van der Waals surface area contributed by atoms with Gasteiger partial charge in [0.25, 0.3) is 0 Å². The van der Waals surface area contributed by atoms with Crippen molar-refractivity contribution in [3.05, 3.63) is 142 Å². The van der Waals surface area contributed by atoms with Gasteiger partial charge in [0.05, 0.1) is 37.8 Å². The summed E-state index contributed by atoms with van der Waals surface area (Å²) in [6.45, 7) is 7.33. The van der Waals surface area contributed by atoms with Crippen molar-refractivity contribution >= 4 is 121 Å². The molecule has 39 heteroatoms. The molecule has 0 unspecified atom stereocenters. The van der Waals surface area contributed by atoms with Gasteiger partial charge in [-0.2, -0.15) is 0 Å². The predicted molar refractivity (Wildman–Crippen MR) is 439 cm³/mol. The highest BCUT2D eigenvalue weighted by atomic mass is 33.1. The Kier molecular flexibility index (Phi) is 38.9. The quantitative estimate of drug-likeness (QED) is 0.0185. The number of aryl methyl sites for hydroxylation is 3. The van der Waals surface area contributed by atoms with Crippen LogP contribution in [0.2, 0.25) is 0 Å². The molecule has 1 aromatic heterocycles. The number of hydrogen-bond acceptors (Lipinski definition) is 23. The fourth-order valence-electron chi connectivity index (χ4n) is 12.8. The number of aliphatic hydroxyl groups excluding tert-OH is 3. The maximum Gasteiger partial charge on any atom is 0.327 e. The largest absolute Gasteiger partial charge is 0.480 e. The summed E-state index contributed by atoms with van der Waals surface area (Å²) < 4.78 is 0. The topological polar surface area (TPSA) is 613 Å². The van der Waals surface area contributed by atoms with E-state index in [1.165, 1.54) is 6.92 Å². The van der Waals surface area contributed by atoms with Gasteiger partial charge in [0, 0.05) is 54.3 Å². The van der Waals surface area contributed by atoms with Crippen LogP contribution < -0.4 is 92.1 Å². The number of primary amides is 1. The molecule has 15 atom stereocenters. The molecule has 118 heavy (non-hydrogen) atoms. The Hall–Kier alpha value is -11.1. The van der Waals surface area contributed by atoms with E-state index in [1.54, 1.807) is 105 Å². The van der Waals surface area contributed by atoms with Crippen LogP contribution in [-0.2, 0) is 97.6 Å². The van der Waals surface area contributed by atoms with Crippen molar-refractivity contribution in [3.63, 3.8) is 0 Å². The van der Waals surface area contributed by atoms with Gasteiger partial charge < -0.3 is 117 Å². The Morgan fingerprint density at radius 3 is 1.41 bits per heavy atom. The molecule has 37 nitrogen and oxygen atoms in total. The van der Waals surface area contributed by atoms with E-state index in [2.05, 4.69) is 74.1 Å². The number of carbonyl (C=O) groups is 15. The zero-order valence-electron chi connectivity index (χ0n) is 66.5. The Labute approximate surface area is 690 Å². The standard InChI is InChI=1S/C79H110N18O19S2/c1-41-29-42(2)51(43(3)30-41)34-58-72(108)90-57(33-49-36-84-52-24-14-13-23-50(49)52)71(107)87-54(26-16-18-28-81)69(105)96-65(45(5)99)77(113)93-56(32-48-21-11-8-12-22-48)74(110)97-66(46(6)100)78(114)94-60(38-98)75(111)95-62(79(115)116)40-118-117-39-61(86-64(102)37-85-67(103)44(4)82)76(112)88-53(25-15-17-27-80)68(104)92-59(35-63(83)101)73(109)89-55(70(106)91-58)31-47-19-9-7-10-20-47/h7-14,19-24,29-30,36,44-46,53-62,65-66,84,98-100H,15-18,25-28,31-35,37-40,80-82H2,1-6H3,(H2,83,101)(H,85,103)(H,86,102)(H,87,107)(H,88,112)(H,89,109)(H,90,108)(H,91,106)(H,92,104)(H,93,113)(H,94,114)(H,95,111)(H,96,105)(H,97,110)(H,115,116)/t44-,45+,46+,53-,54-,55-,56-,57+,58-,59-,60-,61-,62-,65-,66-/m0/s1. The normalized spacial score (nSPS) is 23.5. The molecule has 0 bridgehead atoms. The lowest BCUT2D eigenvalue weighted by molar-refractivity contribution is -0.142. The van der Waals surface area contributed by atoms with Crippen LogP contribution in [0.25, 0.3) is 10.9 Å². The average Bonchev–Trinajstić information content (AvgIpc) is 1.46. The van der Waals surface area contributed by atoms with E-state index in [1.807, 2.05) is 19.1 Å². The smallest absolute Gasteiger partial charge is 0.327 e. The second-order valence-corrected chi connectivity index (χ2v) is 31.5. The number of nitrogens with one attached hydrogen (secondary N) is 14. The van der Waals surface area contributed by atoms with Crippen LogP contribution in [0.5, 0.6) is 0 Å². The van der Waals surface area contributed by atoms with Crippen molar-refractivity contribution in [1.29, 1.82) is 0 Å². The molecule has 6 rings (SSSR count). The van der Waals surface area contributed by atoms with E-state index in [0.29, 0.717) is 50.7 Å². The van der Waals surface area contributed by atoms with E-state index in [4.69, 9.17) is 22.9 Å². The van der Waals surface area contributed by atoms with E-state index >= 15 is 14.4 Å². The lowest BCUT2D eigenvalue weighted by Crippen LogP contribution is -2.63. The Bertz CT molecular complexity index is 4290. The molecule has 1 saturated heterocycles. The number of aromatic nitrogens is 1. The lowest BCUT2D eigenvalue weighted by atomic mass is 9.93. The zero-order valence-corrected chi connectivity index (χ0v) is 68.2. The van der Waals surface area contributed by atoms with Gasteiger partial charge in [-0.05, 0) is 133 Å². The minimum Gasteiger partial charge on any atom is -0.480 e. The second kappa shape index (κ2) is 48.0. The fourth-order valence-corrected chi connectivity index (χ4v) is 15.2. The van der Waals surface area contributed by atoms with E-state index in [9.17, 15) is 78.0 Å². The highest BCUT2D eigenvalue weighted by Crippen LogP contribution is 2.25. The summed E-state index contributed by atoms with van der Waals surface area (Å²) in [4.78, 5) is 218. The van der Waals surface area contributed by atoms with Crippen LogP contribution >= 0.6 is 21.6 Å². The number of benzene rings is 4. The lowest BCUT2D eigenvalue weighted by Gasteiger charge is -2.29. The molecule has 4 aromatic carbocycles. The van der Waals surface area contributed by atoms with Crippen LogP contribution in [-0.4, -0.2) is 243 Å². The summed E-state index contributed by atoms with van der Waals surface area (Å²) in [5.74, 6) is -17.7. The summed E-state index contributed by atoms with van der Waals surface area (Å²) >= 11 is 0. The first kappa shape index (κ1) is 95.8. The first-order chi connectivity index (χ1) is 56.1. The number of carboxylic acids is 1. The molecule has 0 aliphatic carbocycles. The number of carbonyl (C=O) groups excluding carboxylic acids is 14. The van der Waals surface area contributed by atoms with Crippen LogP contribution in [0.15, 0.2) is 103 Å². The van der Waals surface area contributed by atoms with Gasteiger partial charge in [-0.1, -0.05) is 118 Å². The van der Waals surface area contributed by atoms with E-state index in [0.717, 1.165) is 41.0 Å². The number of amides is 14.